The Morgan fingerprint density at radius 3 is 2.57 bits per heavy atom. The van der Waals surface area contributed by atoms with Gasteiger partial charge in [-0.1, -0.05) is 13.0 Å². The van der Waals surface area contributed by atoms with Crippen LogP contribution in [0.15, 0.2) is 61.1 Å². The molecule has 0 amide bonds. The van der Waals surface area contributed by atoms with E-state index >= 15 is 4.39 Å². The van der Waals surface area contributed by atoms with E-state index in [1.807, 2.05) is 17.0 Å². The molecule has 0 saturated carbocycles. The summed E-state index contributed by atoms with van der Waals surface area (Å²) in [6.07, 6.45) is 3.49. The van der Waals surface area contributed by atoms with Crippen LogP contribution in [0, 0.1) is 11.3 Å². The standard InChI is InChI=1S/C35H42FN9O2/c1-24(31-4-2-3-12-38-31)45-13-11-33(30(36)20-45)47-32-10-5-25(18-26(32)19-37)34-39-23-40-35(42-34)41-27-6-8-28(9-7-27)43-14-16-44(17-15-43)29-21-46-22-29/h5-10,18,23,29-31,33,38H,1-4,11-17,20-22H2,(H,39,40,41,42)/t30-,31+,33+/m1/s1. The summed E-state index contributed by atoms with van der Waals surface area (Å²) in [5.41, 5.74) is 3.96. The largest absolute Gasteiger partial charge is 0.486 e. The average molecular weight is 640 g/mol. The number of hydrogen-bond donors (Lipinski definition) is 2. The molecule has 0 spiro atoms. The van der Waals surface area contributed by atoms with Crippen molar-refractivity contribution in [3.05, 3.63) is 66.6 Å². The summed E-state index contributed by atoms with van der Waals surface area (Å²) in [4.78, 5) is 20.2. The van der Waals surface area contributed by atoms with Crippen LogP contribution >= 0.6 is 0 Å². The molecule has 3 atom stereocenters. The highest BCUT2D eigenvalue weighted by atomic mass is 19.1. The van der Waals surface area contributed by atoms with Crippen LogP contribution in [0.2, 0.25) is 0 Å². The lowest BCUT2D eigenvalue weighted by molar-refractivity contribution is -0.0660. The van der Waals surface area contributed by atoms with Crippen molar-refractivity contribution in [3.63, 3.8) is 0 Å². The zero-order valence-electron chi connectivity index (χ0n) is 26.7. The summed E-state index contributed by atoms with van der Waals surface area (Å²) < 4.78 is 26.8. The Hall–Kier alpha value is -4.31. The van der Waals surface area contributed by atoms with Crippen molar-refractivity contribution in [2.75, 3.05) is 69.2 Å². The maximum atomic E-state index is 15.3. The topological polar surface area (TPSA) is 115 Å². The van der Waals surface area contributed by atoms with Crippen LogP contribution in [0.4, 0.5) is 21.7 Å². The van der Waals surface area contributed by atoms with E-state index < -0.39 is 12.3 Å². The minimum atomic E-state index is -1.20. The number of likely N-dealkylation sites (tertiary alicyclic amines) is 1. The number of ether oxygens (including phenoxy) is 2. The summed E-state index contributed by atoms with van der Waals surface area (Å²) >= 11 is 0. The van der Waals surface area contributed by atoms with Crippen LogP contribution in [0.5, 0.6) is 5.75 Å². The zero-order chi connectivity index (χ0) is 32.2. The van der Waals surface area contributed by atoms with Crippen LogP contribution in [-0.2, 0) is 4.74 Å². The van der Waals surface area contributed by atoms with E-state index in [1.54, 1.807) is 18.2 Å². The number of alkyl halides is 1. The molecule has 4 aliphatic heterocycles. The highest BCUT2D eigenvalue weighted by Gasteiger charge is 2.34. The predicted molar refractivity (Wildman–Crippen MR) is 178 cm³/mol. The Morgan fingerprint density at radius 1 is 1.04 bits per heavy atom. The first-order chi connectivity index (χ1) is 23.0. The highest BCUT2D eigenvalue weighted by molar-refractivity contribution is 5.64. The number of piperazine rings is 1. The third-order valence-corrected chi connectivity index (χ3v) is 9.75. The van der Waals surface area contributed by atoms with E-state index in [0.29, 0.717) is 47.7 Å². The number of rotatable bonds is 9. The Labute approximate surface area is 275 Å². The van der Waals surface area contributed by atoms with E-state index in [2.05, 4.69) is 60.2 Å². The third kappa shape index (κ3) is 7.17. The number of benzene rings is 2. The second-order valence-electron chi connectivity index (χ2n) is 12.7. The van der Waals surface area contributed by atoms with Crippen LogP contribution in [-0.4, -0.2) is 108 Å². The van der Waals surface area contributed by atoms with E-state index in [9.17, 15) is 5.26 Å². The van der Waals surface area contributed by atoms with Crippen molar-refractivity contribution in [2.45, 2.75) is 50.0 Å². The van der Waals surface area contributed by atoms with Gasteiger partial charge in [0, 0.05) is 67.8 Å². The molecular formula is C35H42FN9O2. The van der Waals surface area contributed by atoms with Crippen molar-refractivity contribution >= 4 is 17.3 Å². The summed E-state index contributed by atoms with van der Waals surface area (Å²) in [5.74, 6) is 1.18. The number of halogens is 1. The second-order valence-corrected chi connectivity index (χ2v) is 12.7. The first-order valence-corrected chi connectivity index (χ1v) is 16.7. The van der Waals surface area contributed by atoms with Gasteiger partial charge in [0.1, 0.15) is 24.3 Å². The number of hydrogen-bond acceptors (Lipinski definition) is 11. The molecule has 5 heterocycles. The van der Waals surface area contributed by atoms with Gasteiger partial charge in [0.15, 0.2) is 12.0 Å². The zero-order valence-corrected chi connectivity index (χ0v) is 26.7. The fraction of sp³-hybridized carbons (Fsp3) is 0.486. The molecule has 0 radical (unpaired) electrons. The summed E-state index contributed by atoms with van der Waals surface area (Å²) in [6.45, 7) is 11.9. The fourth-order valence-electron chi connectivity index (χ4n) is 6.82. The van der Waals surface area contributed by atoms with Crippen LogP contribution in [0.1, 0.15) is 31.2 Å². The van der Waals surface area contributed by atoms with Gasteiger partial charge in [-0.2, -0.15) is 10.2 Å². The van der Waals surface area contributed by atoms with E-state index in [4.69, 9.17) is 9.47 Å². The molecule has 4 aliphatic rings. The average Bonchev–Trinajstić information content (AvgIpc) is 3.09. The molecule has 2 aromatic carbocycles. The molecule has 3 aromatic rings. The van der Waals surface area contributed by atoms with Gasteiger partial charge in [-0.25, -0.2) is 14.4 Å². The molecule has 1 aromatic heterocycles. The minimum Gasteiger partial charge on any atom is -0.486 e. The predicted octanol–water partition coefficient (Wildman–Crippen LogP) is 4.12. The van der Waals surface area contributed by atoms with Crippen molar-refractivity contribution in [1.29, 1.82) is 5.26 Å². The van der Waals surface area contributed by atoms with Gasteiger partial charge in [0.2, 0.25) is 5.95 Å². The molecule has 11 nitrogen and oxygen atoms in total. The van der Waals surface area contributed by atoms with Crippen molar-refractivity contribution < 1.29 is 13.9 Å². The lowest BCUT2D eigenvalue weighted by atomic mass is 9.99. The number of nitriles is 1. The van der Waals surface area contributed by atoms with Gasteiger partial charge in [-0.15, -0.1) is 0 Å². The number of nitrogens with one attached hydrogen (secondary N) is 2. The molecule has 246 valence electrons. The number of aromatic nitrogens is 3. The van der Waals surface area contributed by atoms with Crippen molar-refractivity contribution in [2.24, 2.45) is 0 Å². The normalized spacial score (nSPS) is 23.9. The molecule has 2 N–H and O–H groups in total. The molecule has 0 aliphatic carbocycles. The fourth-order valence-corrected chi connectivity index (χ4v) is 6.82. The number of anilines is 3. The summed E-state index contributed by atoms with van der Waals surface area (Å²) in [6, 6.07) is 16.4. The molecule has 0 unspecified atom stereocenters. The molecule has 4 saturated heterocycles. The maximum Gasteiger partial charge on any atom is 0.230 e. The smallest absolute Gasteiger partial charge is 0.230 e. The van der Waals surface area contributed by atoms with E-state index in [1.165, 1.54) is 18.4 Å². The Kier molecular flexibility index (Phi) is 9.46. The minimum absolute atomic E-state index is 0.210. The second kappa shape index (κ2) is 14.2. The van der Waals surface area contributed by atoms with Crippen molar-refractivity contribution in [1.82, 2.24) is 30.1 Å². The van der Waals surface area contributed by atoms with Crippen LogP contribution in [0.25, 0.3) is 11.4 Å². The van der Waals surface area contributed by atoms with Gasteiger partial charge < -0.3 is 29.9 Å². The highest BCUT2D eigenvalue weighted by Crippen LogP contribution is 2.30. The molecule has 7 rings (SSSR count). The van der Waals surface area contributed by atoms with Crippen molar-refractivity contribution in [3.8, 4) is 23.2 Å². The molecule has 47 heavy (non-hydrogen) atoms. The quantitative estimate of drug-likeness (QED) is 0.353. The molecular weight excluding hydrogens is 597 g/mol. The van der Waals surface area contributed by atoms with Gasteiger partial charge >= 0.3 is 0 Å². The molecule has 4 fully saturated rings. The van der Waals surface area contributed by atoms with Gasteiger partial charge in [-0.3, -0.25) is 4.90 Å². The summed E-state index contributed by atoms with van der Waals surface area (Å²) in [7, 11) is 0. The monoisotopic (exact) mass is 639 g/mol. The lowest BCUT2D eigenvalue weighted by Gasteiger charge is -2.43. The van der Waals surface area contributed by atoms with Gasteiger partial charge in [-0.05, 0) is 61.9 Å². The Bertz CT molecular complexity index is 1580. The van der Waals surface area contributed by atoms with Gasteiger partial charge in [0.25, 0.3) is 0 Å². The lowest BCUT2D eigenvalue weighted by Crippen LogP contribution is -2.56. The molecule has 12 heteroatoms. The first-order valence-electron chi connectivity index (χ1n) is 16.7. The first kappa shape index (κ1) is 31.3. The van der Waals surface area contributed by atoms with Gasteiger partial charge in [0.05, 0.1) is 31.4 Å². The molecule has 0 bridgehead atoms. The maximum absolute atomic E-state index is 15.3. The summed E-state index contributed by atoms with van der Waals surface area (Å²) in [5, 5.41) is 16.7. The Balaban J connectivity index is 0.954. The van der Waals surface area contributed by atoms with E-state index in [-0.39, 0.29) is 12.6 Å². The SMILES string of the molecule is C=C([C@@H]1CCCCN1)N1CC[C@H](Oc2ccc(-c3ncnc(Nc4ccc(N5CCN(C6COC6)CC5)cc4)n3)cc2C#N)[C@H](F)C1. The number of nitrogens with zero attached hydrogens (tertiary/aromatic N) is 7. The van der Waals surface area contributed by atoms with Crippen LogP contribution in [0.3, 0.4) is 0 Å². The Morgan fingerprint density at radius 2 is 1.87 bits per heavy atom. The third-order valence-electron chi connectivity index (χ3n) is 9.75. The van der Waals surface area contributed by atoms with E-state index in [0.717, 1.165) is 70.2 Å². The van der Waals surface area contributed by atoms with Crippen LogP contribution < -0.4 is 20.3 Å². The number of piperidine rings is 2.